The summed E-state index contributed by atoms with van der Waals surface area (Å²) in [5.74, 6) is 0.0601. The first-order valence-corrected chi connectivity index (χ1v) is 7.76. The third kappa shape index (κ3) is 4.98. The number of hydrogen-bond donors (Lipinski definition) is 1. The average molecular weight is 336 g/mol. The molecule has 0 unspecified atom stereocenters. The van der Waals surface area contributed by atoms with Gasteiger partial charge in [0, 0.05) is 51.7 Å². The molecule has 0 saturated carbocycles. The van der Waals surface area contributed by atoms with E-state index in [1.165, 1.54) is 4.90 Å². The summed E-state index contributed by atoms with van der Waals surface area (Å²) in [5, 5.41) is 2.88. The van der Waals surface area contributed by atoms with Gasteiger partial charge in [0.05, 0.1) is 6.54 Å². The maximum atomic E-state index is 12.5. The number of alkyl halides is 3. The van der Waals surface area contributed by atoms with E-state index in [4.69, 9.17) is 0 Å². The summed E-state index contributed by atoms with van der Waals surface area (Å²) in [6, 6.07) is -0.711. The first-order chi connectivity index (χ1) is 10.7. The summed E-state index contributed by atoms with van der Waals surface area (Å²) < 4.78 is 37.4. The van der Waals surface area contributed by atoms with Crippen LogP contribution in [0, 0.1) is 0 Å². The van der Waals surface area contributed by atoms with Gasteiger partial charge in [0.1, 0.15) is 0 Å². The number of amides is 3. The Morgan fingerprint density at radius 1 is 1.30 bits per heavy atom. The topological polar surface area (TPSA) is 55.9 Å². The largest absolute Gasteiger partial charge is 0.401 e. The monoisotopic (exact) mass is 336 g/mol. The lowest BCUT2D eigenvalue weighted by atomic mass is 10.1. The van der Waals surface area contributed by atoms with E-state index in [0.717, 1.165) is 0 Å². The van der Waals surface area contributed by atoms with Crippen LogP contribution in [-0.4, -0.2) is 84.7 Å². The highest BCUT2D eigenvalue weighted by Crippen LogP contribution is 2.20. The highest BCUT2D eigenvalue weighted by molar-refractivity contribution is 5.78. The first kappa shape index (κ1) is 17.8. The van der Waals surface area contributed by atoms with Crippen molar-refractivity contribution in [2.45, 2.75) is 38.0 Å². The Morgan fingerprint density at radius 2 is 2.00 bits per heavy atom. The van der Waals surface area contributed by atoms with E-state index < -0.39 is 12.7 Å². The van der Waals surface area contributed by atoms with Gasteiger partial charge in [-0.3, -0.25) is 9.69 Å². The van der Waals surface area contributed by atoms with Crippen LogP contribution in [0.5, 0.6) is 0 Å². The number of likely N-dealkylation sites (tertiary alicyclic amines) is 1. The molecular weight excluding hydrogens is 313 g/mol. The zero-order valence-electron chi connectivity index (χ0n) is 13.4. The number of halogens is 3. The Kier molecular flexibility index (Phi) is 5.38. The molecule has 2 rings (SSSR count). The van der Waals surface area contributed by atoms with Crippen LogP contribution in [0.15, 0.2) is 0 Å². The van der Waals surface area contributed by atoms with Gasteiger partial charge in [-0.05, 0) is 13.3 Å². The Balaban J connectivity index is 1.82. The molecule has 2 aliphatic heterocycles. The number of likely N-dealkylation sites (N-methyl/N-ethyl adjacent to an activating group) is 1. The molecule has 0 radical (unpaired) electrons. The summed E-state index contributed by atoms with van der Waals surface area (Å²) in [6.45, 7) is 1.96. The van der Waals surface area contributed by atoms with Crippen molar-refractivity contribution in [1.82, 2.24) is 20.0 Å². The molecule has 2 aliphatic rings. The Labute approximate surface area is 133 Å². The van der Waals surface area contributed by atoms with Gasteiger partial charge >= 0.3 is 12.2 Å². The number of carbonyl (C=O) groups excluding carboxylic acids is 2. The molecular formula is C14H23F3N4O2. The van der Waals surface area contributed by atoms with Gasteiger partial charge < -0.3 is 15.1 Å². The molecule has 3 amide bonds. The standard InChI is InChI=1S/C14H23F3N4O2/c1-10-7-20(5-6-21(10)9-14(15,16)17)13(23)18-11-3-4-12(22)19(2)8-11/h10-11H,3-9H2,1-2H3,(H,18,23)/t10-,11+/m1/s1. The van der Waals surface area contributed by atoms with Crippen LogP contribution in [0.25, 0.3) is 0 Å². The van der Waals surface area contributed by atoms with Crippen molar-refractivity contribution < 1.29 is 22.8 Å². The quantitative estimate of drug-likeness (QED) is 0.815. The van der Waals surface area contributed by atoms with Crippen LogP contribution in [0.2, 0.25) is 0 Å². The minimum atomic E-state index is -4.22. The van der Waals surface area contributed by atoms with Crippen LogP contribution in [0.1, 0.15) is 19.8 Å². The molecule has 2 saturated heterocycles. The van der Waals surface area contributed by atoms with E-state index >= 15 is 0 Å². The summed E-state index contributed by atoms with van der Waals surface area (Å²) in [4.78, 5) is 28.2. The molecule has 2 fully saturated rings. The van der Waals surface area contributed by atoms with E-state index in [9.17, 15) is 22.8 Å². The molecule has 0 aromatic carbocycles. The van der Waals surface area contributed by atoms with Crippen molar-refractivity contribution in [3.63, 3.8) is 0 Å². The minimum absolute atomic E-state index is 0.0601. The van der Waals surface area contributed by atoms with Crippen molar-refractivity contribution in [3.8, 4) is 0 Å². The molecule has 0 aliphatic carbocycles. The molecule has 132 valence electrons. The van der Waals surface area contributed by atoms with Crippen LogP contribution in [-0.2, 0) is 4.79 Å². The smallest absolute Gasteiger partial charge is 0.344 e. The van der Waals surface area contributed by atoms with Crippen LogP contribution in [0.4, 0.5) is 18.0 Å². The molecule has 6 nitrogen and oxygen atoms in total. The van der Waals surface area contributed by atoms with Gasteiger partial charge in [-0.2, -0.15) is 13.2 Å². The Morgan fingerprint density at radius 3 is 2.57 bits per heavy atom. The molecule has 0 aromatic rings. The molecule has 1 N–H and O–H groups in total. The van der Waals surface area contributed by atoms with Crippen LogP contribution in [0.3, 0.4) is 0 Å². The highest BCUT2D eigenvalue weighted by Gasteiger charge is 2.36. The van der Waals surface area contributed by atoms with Gasteiger partial charge in [-0.1, -0.05) is 0 Å². The lowest BCUT2D eigenvalue weighted by Gasteiger charge is -2.41. The number of hydrogen-bond acceptors (Lipinski definition) is 3. The fraction of sp³-hybridized carbons (Fsp3) is 0.857. The average Bonchev–Trinajstić information content (AvgIpc) is 2.43. The predicted octanol–water partition coefficient (Wildman–Crippen LogP) is 0.885. The second-order valence-corrected chi connectivity index (χ2v) is 6.34. The minimum Gasteiger partial charge on any atom is -0.344 e. The maximum Gasteiger partial charge on any atom is 0.401 e. The van der Waals surface area contributed by atoms with E-state index in [1.54, 1.807) is 23.8 Å². The number of nitrogens with one attached hydrogen (secondary N) is 1. The number of rotatable bonds is 2. The normalized spacial score (nSPS) is 27.3. The molecule has 2 heterocycles. The summed E-state index contributed by atoms with van der Waals surface area (Å²) in [5.41, 5.74) is 0. The highest BCUT2D eigenvalue weighted by atomic mass is 19.4. The summed E-state index contributed by atoms with van der Waals surface area (Å²) >= 11 is 0. The fourth-order valence-electron chi connectivity index (χ4n) is 3.04. The van der Waals surface area contributed by atoms with Gasteiger partial charge in [-0.25, -0.2) is 4.79 Å². The Bertz CT molecular complexity index is 458. The molecule has 0 aromatic heterocycles. The predicted molar refractivity (Wildman–Crippen MR) is 77.9 cm³/mol. The van der Waals surface area contributed by atoms with Crippen molar-refractivity contribution >= 4 is 11.9 Å². The molecule has 0 spiro atoms. The van der Waals surface area contributed by atoms with Crippen molar-refractivity contribution in [1.29, 1.82) is 0 Å². The second-order valence-electron chi connectivity index (χ2n) is 6.34. The van der Waals surface area contributed by atoms with Crippen LogP contribution < -0.4 is 5.32 Å². The number of urea groups is 1. The van der Waals surface area contributed by atoms with E-state index in [-0.39, 0.29) is 43.7 Å². The number of carbonyl (C=O) groups is 2. The van der Waals surface area contributed by atoms with Crippen molar-refractivity contribution in [2.75, 3.05) is 39.8 Å². The third-order valence-electron chi connectivity index (χ3n) is 4.39. The lowest BCUT2D eigenvalue weighted by molar-refractivity contribution is -0.153. The number of piperidine rings is 1. The number of nitrogens with zero attached hydrogens (tertiary/aromatic N) is 3. The SMILES string of the molecule is C[C@@H]1CN(C(=O)N[C@H]2CCC(=O)N(C)C2)CCN1CC(F)(F)F. The zero-order valence-corrected chi connectivity index (χ0v) is 13.4. The zero-order chi connectivity index (χ0) is 17.2. The van der Waals surface area contributed by atoms with Gasteiger partial charge in [0.25, 0.3) is 0 Å². The fourth-order valence-corrected chi connectivity index (χ4v) is 3.04. The van der Waals surface area contributed by atoms with E-state index in [2.05, 4.69) is 5.32 Å². The molecule has 9 heteroatoms. The maximum absolute atomic E-state index is 12.5. The summed E-state index contributed by atoms with van der Waals surface area (Å²) in [7, 11) is 1.69. The summed E-state index contributed by atoms with van der Waals surface area (Å²) in [6.07, 6.45) is -3.23. The molecule has 23 heavy (non-hydrogen) atoms. The number of piperazine rings is 1. The van der Waals surface area contributed by atoms with E-state index in [0.29, 0.717) is 19.4 Å². The Hall–Kier alpha value is -1.51. The lowest BCUT2D eigenvalue weighted by Crippen LogP contribution is -2.59. The van der Waals surface area contributed by atoms with Crippen molar-refractivity contribution in [3.05, 3.63) is 0 Å². The van der Waals surface area contributed by atoms with Gasteiger partial charge in [-0.15, -0.1) is 0 Å². The second kappa shape index (κ2) is 6.94. The molecule has 2 atom stereocenters. The first-order valence-electron chi connectivity index (χ1n) is 7.76. The van der Waals surface area contributed by atoms with Gasteiger partial charge in [0.2, 0.25) is 5.91 Å². The van der Waals surface area contributed by atoms with Crippen LogP contribution >= 0.6 is 0 Å². The van der Waals surface area contributed by atoms with E-state index in [1.807, 2.05) is 0 Å². The van der Waals surface area contributed by atoms with Crippen molar-refractivity contribution in [2.24, 2.45) is 0 Å². The molecule has 0 bridgehead atoms. The third-order valence-corrected chi connectivity index (χ3v) is 4.39. The van der Waals surface area contributed by atoms with Gasteiger partial charge in [0.15, 0.2) is 0 Å².